The Morgan fingerprint density at radius 1 is 1.13 bits per heavy atom. The molecule has 0 aliphatic rings. The number of amides is 1. The second-order valence-electron chi connectivity index (χ2n) is 5.38. The van der Waals surface area contributed by atoms with Crippen LogP contribution in [0.3, 0.4) is 0 Å². The number of carbonyl (C=O) groups is 1. The molecular weight excluding hydrogens is 296 g/mol. The third-order valence-electron chi connectivity index (χ3n) is 3.33. The Labute approximate surface area is 134 Å². The zero-order chi connectivity index (χ0) is 17.0. The maximum absolute atomic E-state index is 12.0. The second kappa shape index (κ2) is 6.91. The van der Waals surface area contributed by atoms with E-state index in [0.717, 1.165) is 16.7 Å². The van der Waals surface area contributed by atoms with E-state index in [9.17, 15) is 14.9 Å². The van der Waals surface area contributed by atoms with Crippen molar-refractivity contribution in [2.24, 2.45) is 0 Å². The molecular formula is C17H18N2O4. The molecule has 1 amide bonds. The standard InChI is InChI=1S/C17H18N2O4/c1-11-5-7-14(15(8-11)19(21)22)18-17(20)10-23-16-9-12(2)4-6-13(16)3/h4-9H,10H2,1-3H3,(H,18,20). The van der Waals surface area contributed by atoms with Crippen molar-refractivity contribution < 1.29 is 14.5 Å². The van der Waals surface area contributed by atoms with E-state index in [2.05, 4.69) is 5.32 Å². The molecule has 120 valence electrons. The number of nitro benzene ring substituents is 1. The summed E-state index contributed by atoms with van der Waals surface area (Å²) in [6, 6.07) is 10.3. The monoisotopic (exact) mass is 314 g/mol. The fourth-order valence-corrected chi connectivity index (χ4v) is 2.09. The lowest BCUT2D eigenvalue weighted by Crippen LogP contribution is -2.21. The molecule has 0 spiro atoms. The molecule has 0 atom stereocenters. The first-order chi connectivity index (χ1) is 10.9. The lowest BCUT2D eigenvalue weighted by Gasteiger charge is -2.10. The van der Waals surface area contributed by atoms with Gasteiger partial charge in [0.2, 0.25) is 0 Å². The molecule has 2 aromatic rings. The SMILES string of the molecule is Cc1ccc(C)c(OCC(=O)Nc2ccc(C)cc2[N+](=O)[O-])c1. The van der Waals surface area contributed by atoms with Gasteiger partial charge in [0.05, 0.1) is 4.92 Å². The molecule has 0 fully saturated rings. The summed E-state index contributed by atoms with van der Waals surface area (Å²) in [5, 5.41) is 13.6. The van der Waals surface area contributed by atoms with Gasteiger partial charge >= 0.3 is 0 Å². The predicted octanol–water partition coefficient (Wildman–Crippen LogP) is 3.54. The number of aryl methyl sites for hydroxylation is 3. The molecule has 0 bridgehead atoms. The van der Waals surface area contributed by atoms with Gasteiger partial charge in [-0.3, -0.25) is 14.9 Å². The van der Waals surface area contributed by atoms with Crippen molar-refractivity contribution in [2.45, 2.75) is 20.8 Å². The highest BCUT2D eigenvalue weighted by Crippen LogP contribution is 2.25. The van der Waals surface area contributed by atoms with Crippen molar-refractivity contribution in [3.8, 4) is 5.75 Å². The van der Waals surface area contributed by atoms with Crippen molar-refractivity contribution >= 4 is 17.3 Å². The van der Waals surface area contributed by atoms with E-state index in [1.165, 1.54) is 12.1 Å². The molecule has 0 aliphatic heterocycles. The fraction of sp³-hybridized carbons (Fsp3) is 0.235. The van der Waals surface area contributed by atoms with Gasteiger partial charge in [-0.25, -0.2) is 0 Å². The van der Waals surface area contributed by atoms with E-state index in [1.807, 2.05) is 32.0 Å². The number of benzene rings is 2. The number of nitro groups is 1. The summed E-state index contributed by atoms with van der Waals surface area (Å²) in [4.78, 5) is 22.5. The van der Waals surface area contributed by atoms with E-state index in [0.29, 0.717) is 5.75 Å². The first-order valence-corrected chi connectivity index (χ1v) is 7.12. The van der Waals surface area contributed by atoms with Crippen LogP contribution in [-0.2, 0) is 4.79 Å². The first kappa shape index (κ1) is 16.5. The average molecular weight is 314 g/mol. The largest absolute Gasteiger partial charge is 0.483 e. The molecule has 1 N–H and O–H groups in total. The highest BCUT2D eigenvalue weighted by molar-refractivity contribution is 5.94. The smallest absolute Gasteiger partial charge is 0.293 e. The molecule has 0 saturated heterocycles. The van der Waals surface area contributed by atoms with Gasteiger partial charge in [0.1, 0.15) is 11.4 Å². The summed E-state index contributed by atoms with van der Waals surface area (Å²) in [7, 11) is 0. The normalized spacial score (nSPS) is 10.2. The van der Waals surface area contributed by atoms with Crippen LogP contribution in [0, 0.1) is 30.9 Å². The lowest BCUT2D eigenvalue weighted by atomic mass is 10.1. The van der Waals surface area contributed by atoms with Gasteiger partial charge in [-0.1, -0.05) is 18.2 Å². The minimum atomic E-state index is -0.520. The number of rotatable bonds is 5. The Kier molecular flexibility index (Phi) is 4.95. The van der Waals surface area contributed by atoms with E-state index in [-0.39, 0.29) is 18.0 Å². The summed E-state index contributed by atoms with van der Waals surface area (Å²) < 4.78 is 5.49. The van der Waals surface area contributed by atoms with Crippen LogP contribution in [-0.4, -0.2) is 17.4 Å². The zero-order valence-corrected chi connectivity index (χ0v) is 13.3. The third-order valence-corrected chi connectivity index (χ3v) is 3.33. The van der Waals surface area contributed by atoms with Gasteiger partial charge in [0, 0.05) is 6.07 Å². The molecule has 0 radical (unpaired) electrons. The number of nitrogens with zero attached hydrogens (tertiary/aromatic N) is 1. The Morgan fingerprint density at radius 3 is 2.48 bits per heavy atom. The van der Waals surface area contributed by atoms with Crippen molar-refractivity contribution in [2.75, 3.05) is 11.9 Å². The summed E-state index contributed by atoms with van der Waals surface area (Å²) in [6.45, 7) is 5.36. The highest BCUT2D eigenvalue weighted by atomic mass is 16.6. The van der Waals surface area contributed by atoms with Gasteiger partial charge in [-0.15, -0.1) is 0 Å². The number of carbonyl (C=O) groups excluding carboxylic acids is 1. The number of ether oxygens (including phenoxy) is 1. The minimum absolute atomic E-state index is 0.134. The van der Waals surface area contributed by atoms with Crippen molar-refractivity contribution in [1.29, 1.82) is 0 Å². The Hall–Kier alpha value is -2.89. The van der Waals surface area contributed by atoms with Crippen LogP contribution in [0.25, 0.3) is 0 Å². The quantitative estimate of drug-likeness (QED) is 0.676. The Bertz CT molecular complexity index is 756. The van der Waals surface area contributed by atoms with Crippen LogP contribution in [0.1, 0.15) is 16.7 Å². The average Bonchev–Trinajstić information content (AvgIpc) is 2.49. The topological polar surface area (TPSA) is 81.5 Å². The Balaban J connectivity index is 2.06. The molecule has 2 rings (SSSR count). The molecule has 0 aromatic heterocycles. The van der Waals surface area contributed by atoms with E-state index < -0.39 is 10.8 Å². The zero-order valence-electron chi connectivity index (χ0n) is 13.3. The van der Waals surface area contributed by atoms with Crippen LogP contribution >= 0.6 is 0 Å². The van der Waals surface area contributed by atoms with Crippen LogP contribution in [0.15, 0.2) is 36.4 Å². The van der Waals surface area contributed by atoms with Gasteiger partial charge in [0.15, 0.2) is 6.61 Å². The second-order valence-corrected chi connectivity index (χ2v) is 5.38. The summed E-state index contributed by atoms with van der Waals surface area (Å²) in [5.74, 6) is 0.177. The van der Waals surface area contributed by atoms with Gasteiger partial charge in [0.25, 0.3) is 11.6 Å². The lowest BCUT2D eigenvalue weighted by molar-refractivity contribution is -0.384. The molecule has 6 heteroatoms. The van der Waals surface area contributed by atoms with Crippen molar-refractivity contribution in [3.05, 3.63) is 63.2 Å². The van der Waals surface area contributed by atoms with Crippen molar-refractivity contribution in [3.63, 3.8) is 0 Å². The molecule has 0 unspecified atom stereocenters. The minimum Gasteiger partial charge on any atom is -0.483 e. The predicted molar refractivity (Wildman–Crippen MR) is 87.9 cm³/mol. The molecule has 0 heterocycles. The number of nitrogens with one attached hydrogen (secondary N) is 1. The molecule has 0 saturated carbocycles. The molecule has 0 aliphatic carbocycles. The van der Waals surface area contributed by atoms with E-state index in [4.69, 9.17) is 4.74 Å². The third kappa shape index (κ3) is 4.29. The van der Waals surface area contributed by atoms with Gasteiger partial charge < -0.3 is 10.1 Å². The van der Waals surface area contributed by atoms with Crippen LogP contribution in [0.2, 0.25) is 0 Å². The van der Waals surface area contributed by atoms with Crippen LogP contribution in [0.4, 0.5) is 11.4 Å². The Morgan fingerprint density at radius 2 is 1.78 bits per heavy atom. The first-order valence-electron chi connectivity index (χ1n) is 7.12. The number of hydrogen-bond donors (Lipinski definition) is 1. The summed E-state index contributed by atoms with van der Waals surface area (Å²) in [5.41, 5.74) is 2.73. The van der Waals surface area contributed by atoms with E-state index in [1.54, 1.807) is 13.0 Å². The number of anilines is 1. The number of hydrogen-bond acceptors (Lipinski definition) is 4. The van der Waals surface area contributed by atoms with E-state index >= 15 is 0 Å². The summed E-state index contributed by atoms with van der Waals surface area (Å²) >= 11 is 0. The van der Waals surface area contributed by atoms with Crippen LogP contribution in [0.5, 0.6) is 5.75 Å². The maximum atomic E-state index is 12.0. The van der Waals surface area contributed by atoms with Crippen molar-refractivity contribution in [1.82, 2.24) is 0 Å². The highest BCUT2D eigenvalue weighted by Gasteiger charge is 2.16. The molecule has 23 heavy (non-hydrogen) atoms. The molecule has 6 nitrogen and oxygen atoms in total. The summed E-state index contributed by atoms with van der Waals surface area (Å²) in [6.07, 6.45) is 0. The van der Waals surface area contributed by atoms with Gasteiger partial charge in [-0.2, -0.15) is 0 Å². The fourth-order valence-electron chi connectivity index (χ4n) is 2.09. The maximum Gasteiger partial charge on any atom is 0.293 e. The van der Waals surface area contributed by atoms with Gasteiger partial charge in [-0.05, 0) is 49.6 Å². The van der Waals surface area contributed by atoms with Crippen LogP contribution < -0.4 is 10.1 Å². The molecule has 2 aromatic carbocycles.